The molecule has 0 bridgehead atoms. The van der Waals surface area contributed by atoms with E-state index in [4.69, 9.17) is 0 Å². The van der Waals surface area contributed by atoms with E-state index in [1.54, 1.807) is 30.5 Å². The molecule has 1 amide bonds. The molecule has 5 nitrogen and oxygen atoms in total. The lowest BCUT2D eigenvalue weighted by molar-refractivity contribution is -0.118. The van der Waals surface area contributed by atoms with E-state index in [1.165, 1.54) is 5.01 Å². The Morgan fingerprint density at radius 1 is 1.14 bits per heavy atom. The molecule has 1 atom stereocenters. The summed E-state index contributed by atoms with van der Waals surface area (Å²) in [6.45, 7) is 1.81. The highest BCUT2D eigenvalue weighted by Gasteiger charge is 2.33. The number of phenols is 1. The van der Waals surface area contributed by atoms with Gasteiger partial charge in [-0.1, -0.05) is 18.2 Å². The van der Waals surface area contributed by atoms with Crippen LogP contribution in [0.15, 0.2) is 64.7 Å². The van der Waals surface area contributed by atoms with Crippen molar-refractivity contribution < 1.29 is 9.90 Å². The summed E-state index contributed by atoms with van der Waals surface area (Å²) in [6, 6.07) is 15.8. The minimum atomic E-state index is -0.464. The molecule has 0 fully saturated rings. The predicted octanol–water partition coefficient (Wildman–Crippen LogP) is 3.13. The molecule has 0 saturated heterocycles. The second-order valence-corrected chi connectivity index (χ2v) is 5.00. The van der Waals surface area contributed by atoms with Crippen LogP contribution in [0.3, 0.4) is 0 Å². The van der Waals surface area contributed by atoms with Crippen LogP contribution in [0.1, 0.15) is 6.92 Å². The molecule has 1 heterocycles. The van der Waals surface area contributed by atoms with E-state index in [0.29, 0.717) is 11.4 Å². The van der Waals surface area contributed by atoms with Crippen LogP contribution in [0.4, 0.5) is 11.4 Å². The number of anilines is 1. The average molecular weight is 293 g/mol. The smallest absolute Gasteiger partial charge is 0.261 e. The molecule has 0 unspecified atom stereocenters. The van der Waals surface area contributed by atoms with Crippen molar-refractivity contribution in [2.24, 2.45) is 16.0 Å². The van der Waals surface area contributed by atoms with Crippen molar-refractivity contribution in [2.75, 3.05) is 5.01 Å². The van der Waals surface area contributed by atoms with E-state index in [2.05, 4.69) is 10.1 Å². The van der Waals surface area contributed by atoms with Crippen LogP contribution < -0.4 is 5.01 Å². The van der Waals surface area contributed by atoms with Gasteiger partial charge in [0.25, 0.3) is 5.91 Å². The second kappa shape index (κ2) is 5.81. The Morgan fingerprint density at radius 3 is 2.50 bits per heavy atom. The number of carbonyl (C=O) groups excluding carboxylic acids is 1. The van der Waals surface area contributed by atoms with E-state index >= 15 is 0 Å². The van der Waals surface area contributed by atoms with Crippen LogP contribution in [0.25, 0.3) is 0 Å². The monoisotopic (exact) mass is 293 g/mol. The van der Waals surface area contributed by atoms with Gasteiger partial charge in [0.2, 0.25) is 0 Å². The van der Waals surface area contributed by atoms with Gasteiger partial charge in [-0.05, 0) is 43.3 Å². The van der Waals surface area contributed by atoms with E-state index in [0.717, 1.165) is 5.69 Å². The molecule has 22 heavy (non-hydrogen) atoms. The topological polar surface area (TPSA) is 65.3 Å². The van der Waals surface area contributed by atoms with Crippen LogP contribution >= 0.6 is 0 Å². The number of aromatic hydroxyl groups is 1. The summed E-state index contributed by atoms with van der Waals surface area (Å²) in [5.41, 5.74) is 2.13. The van der Waals surface area contributed by atoms with Crippen molar-refractivity contribution in [3.8, 4) is 5.75 Å². The van der Waals surface area contributed by atoms with E-state index in [1.807, 2.05) is 37.3 Å². The number of phenolic OH excluding ortho intramolecular Hbond substituents is 1. The minimum Gasteiger partial charge on any atom is -0.508 e. The molecule has 1 aliphatic rings. The Bertz CT molecular complexity index is 736. The summed E-state index contributed by atoms with van der Waals surface area (Å²) in [7, 11) is 0. The molecular formula is C17H15N3O2. The summed E-state index contributed by atoms with van der Waals surface area (Å²) in [5, 5.41) is 15.0. The normalized spacial score (nSPS) is 18.0. The van der Waals surface area contributed by atoms with Crippen molar-refractivity contribution in [1.82, 2.24) is 0 Å². The number of hydrazone groups is 1. The molecule has 0 radical (unpaired) electrons. The summed E-state index contributed by atoms with van der Waals surface area (Å²) >= 11 is 0. The third-order valence-electron chi connectivity index (χ3n) is 3.41. The number of nitrogens with zero attached hydrogens (tertiary/aromatic N) is 3. The van der Waals surface area contributed by atoms with Crippen LogP contribution in [-0.4, -0.2) is 22.9 Å². The fraction of sp³-hybridized carbons (Fsp3) is 0.118. The molecule has 0 aliphatic carbocycles. The fourth-order valence-corrected chi connectivity index (χ4v) is 2.20. The number of hydrogen-bond acceptors (Lipinski definition) is 4. The zero-order chi connectivity index (χ0) is 15.5. The number of para-hydroxylation sites is 1. The lowest BCUT2D eigenvalue weighted by Crippen LogP contribution is -2.27. The Labute approximate surface area is 128 Å². The molecule has 110 valence electrons. The Morgan fingerprint density at radius 2 is 1.82 bits per heavy atom. The molecule has 0 aromatic heterocycles. The van der Waals surface area contributed by atoms with Crippen LogP contribution in [-0.2, 0) is 4.79 Å². The quantitative estimate of drug-likeness (QED) is 0.883. The Hall–Kier alpha value is -2.95. The van der Waals surface area contributed by atoms with Crippen molar-refractivity contribution >= 4 is 29.2 Å². The number of rotatable bonds is 3. The average Bonchev–Trinajstić information content (AvgIpc) is 2.82. The van der Waals surface area contributed by atoms with Gasteiger partial charge in [0.05, 0.1) is 17.1 Å². The van der Waals surface area contributed by atoms with Gasteiger partial charge in [-0.3, -0.25) is 9.79 Å². The largest absolute Gasteiger partial charge is 0.508 e. The molecule has 5 heteroatoms. The molecule has 0 spiro atoms. The van der Waals surface area contributed by atoms with Gasteiger partial charge in [-0.15, -0.1) is 0 Å². The lowest BCUT2D eigenvalue weighted by Gasteiger charge is -2.12. The first-order valence-electron chi connectivity index (χ1n) is 6.92. The highest BCUT2D eigenvalue weighted by atomic mass is 16.3. The number of carbonyl (C=O) groups is 1. The van der Waals surface area contributed by atoms with Crippen LogP contribution in [0, 0.1) is 5.92 Å². The van der Waals surface area contributed by atoms with Crippen molar-refractivity contribution in [3.63, 3.8) is 0 Å². The third kappa shape index (κ3) is 2.74. The first kappa shape index (κ1) is 14.0. The van der Waals surface area contributed by atoms with E-state index in [9.17, 15) is 9.90 Å². The van der Waals surface area contributed by atoms with Gasteiger partial charge in [0.1, 0.15) is 11.7 Å². The zero-order valence-electron chi connectivity index (χ0n) is 12.0. The third-order valence-corrected chi connectivity index (χ3v) is 3.41. The number of aliphatic imine (C=N–C) groups is 1. The van der Waals surface area contributed by atoms with Gasteiger partial charge in [-0.25, -0.2) is 0 Å². The lowest BCUT2D eigenvalue weighted by atomic mass is 10.1. The second-order valence-electron chi connectivity index (χ2n) is 5.00. The number of benzene rings is 2. The van der Waals surface area contributed by atoms with Gasteiger partial charge < -0.3 is 5.11 Å². The van der Waals surface area contributed by atoms with Gasteiger partial charge in [-0.2, -0.15) is 10.1 Å². The minimum absolute atomic E-state index is 0.119. The van der Waals surface area contributed by atoms with E-state index in [-0.39, 0.29) is 11.7 Å². The Balaban J connectivity index is 1.80. The van der Waals surface area contributed by atoms with E-state index < -0.39 is 5.92 Å². The summed E-state index contributed by atoms with van der Waals surface area (Å²) < 4.78 is 0. The molecule has 0 saturated carbocycles. The summed E-state index contributed by atoms with van der Waals surface area (Å²) in [4.78, 5) is 16.8. The van der Waals surface area contributed by atoms with Crippen molar-refractivity contribution in [2.45, 2.75) is 6.92 Å². The van der Waals surface area contributed by atoms with Crippen LogP contribution in [0.5, 0.6) is 5.75 Å². The first-order valence-corrected chi connectivity index (χ1v) is 6.92. The number of amides is 1. The number of hydrogen-bond donors (Lipinski definition) is 1. The maximum absolute atomic E-state index is 12.5. The molecule has 2 aromatic rings. The highest BCUT2D eigenvalue weighted by Crippen LogP contribution is 2.23. The zero-order valence-corrected chi connectivity index (χ0v) is 12.0. The molecule has 2 aromatic carbocycles. The SMILES string of the molecule is CC1=NN(c2ccccc2)C(=O)[C@H]1C=Nc1ccc(O)cc1. The maximum atomic E-state index is 12.5. The fourth-order valence-electron chi connectivity index (χ4n) is 2.20. The first-order chi connectivity index (χ1) is 10.6. The molecule has 1 aliphatic heterocycles. The van der Waals surface area contributed by atoms with Gasteiger partial charge >= 0.3 is 0 Å². The van der Waals surface area contributed by atoms with Crippen LogP contribution in [0.2, 0.25) is 0 Å². The molecular weight excluding hydrogens is 278 g/mol. The predicted molar refractivity (Wildman–Crippen MR) is 86.8 cm³/mol. The summed E-state index contributed by atoms with van der Waals surface area (Å²) in [6.07, 6.45) is 1.59. The van der Waals surface area contributed by atoms with Gasteiger partial charge in [0.15, 0.2) is 0 Å². The van der Waals surface area contributed by atoms with Gasteiger partial charge in [0, 0.05) is 6.21 Å². The Kier molecular flexibility index (Phi) is 3.70. The standard InChI is InChI=1S/C17H15N3O2/c1-12-16(11-18-13-7-9-15(21)10-8-13)17(22)20(19-12)14-5-3-2-4-6-14/h2-11,16,21H,1H3/t16-/m0/s1. The molecule has 1 N–H and O–H groups in total. The van der Waals surface area contributed by atoms with Crippen molar-refractivity contribution in [1.29, 1.82) is 0 Å². The summed E-state index contributed by atoms with van der Waals surface area (Å²) in [5.74, 6) is -0.399. The maximum Gasteiger partial charge on any atom is 0.261 e. The van der Waals surface area contributed by atoms with Crippen molar-refractivity contribution in [3.05, 3.63) is 54.6 Å². The highest BCUT2D eigenvalue weighted by molar-refractivity contribution is 6.23. The molecule has 3 rings (SSSR count).